The van der Waals surface area contributed by atoms with E-state index in [0.29, 0.717) is 11.5 Å². The minimum atomic E-state index is -0.811. The van der Waals surface area contributed by atoms with Crippen molar-refractivity contribution in [3.8, 4) is 16.9 Å². The van der Waals surface area contributed by atoms with E-state index in [0.717, 1.165) is 11.5 Å². The number of hydrogen-bond donors (Lipinski definition) is 0. The summed E-state index contributed by atoms with van der Waals surface area (Å²) < 4.78 is 45.0. The van der Waals surface area contributed by atoms with Crippen LogP contribution in [0.25, 0.3) is 11.1 Å². The third kappa shape index (κ3) is 4.17. The lowest BCUT2D eigenvalue weighted by Gasteiger charge is -2.26. The Morgan fingerprint density at radius 2 is 1.52 bits per heavy atom. The molecule has 1 fully saturated rings. The van der Waals surface area contributed by atoms with Gasteiger partial charge in [-0.05, 0) is 53.5 Å². The maximum atomic E-state index is 14.0. The van der Waals surface area contributed by atoms with Crippen molar-refractivity contribution in [1.29, 1.82) is 0 Å². The monoisotopic (exact) mass is 348 g/mol. The highest BCUT2D eigenvalue weighted by atomic mass is 19.1. The number of benzene rings is 2. The molecule has 0 bridgehead atoms. The van der Waals surface area contributed by atoms with Gasteiger partial charge >= 0.3 is 0 Å². The summed E-state index contributed by atoms with van der Waals surface area (Å²) in [4.78, 5) is 0. The van der Waals surface area contributed by atoms with E-state index in [1.807, 2.05) is 12.1 Å². The molecule has 0 amide bonds. The molecule has 0 spiro atoms. The topological polar surface area (TPSA) is 9.23 Å². The predicted molar refractivity (Wildman–Crippen MR) is 93.6 cm³/mol. The normalized spacial score (nSPS) is 20.5. The molecule has 25 heavy (non-hydrogen) atoms. The summed E-state index contributed by atoms with van der Waals surface area (Å²) in [7, 11) is 0. The summed E-state index contributed by atoms with van der Waals surface area (Å²) >= 11 is 0. The summed E-state index contributed by atoms with van der Waals surface area (Å²) in [6, 6.07) is 10.4. The number of rotatable bonds is 5. The zero-order chi connectivity index (χ0) is 17.8. The molecule has 1 nitrogen and oxygen atoms in total. The lowest BCUT2D eigenvalue weighted by molar-refractivity contribution is 0.251. The first-order valence-electron chi connectivity index (χ1n) is 8.86. The highest BCUT2D eigenvalue weighted by molar-refractivity contribution is 5.65. The molecule has 0 unspecified atom stereocenters. The molecule has 1 aliphatic carbocycles. The molecule has 0 radical (unpaired) electrons. The van der Waals surface area contributed by atoms with Crippen LogP contribution in [0.4, 0.5) is 13.2 Å². The first-order valence-corrected chi connectivity index (χ1v) is 8.86. The Balaban J connectivity index is 1.78. The van der Waals surface area contributed by atoms with Gasteiger partial charge in [0, 0.05) is 0 Å². The van der Waals surface area contributed by atoms with E-state index in [4.69, 9.17) is 4.74 Å². The van der Waals surface area contributed by atoms with Crippen LogP contribution in [-0.4, -0.2) is 13.3 Å². The highest BCUT2D eigenvalue weighted by Crippen LogP contribution is 2.36. The first-order chi connectivity index (χ1) is 12.1. The molecule has 0 aromatic heterocycles. The lowest BCUT2D eigenvalue weighted by Crippen LogP contribution is -2.10. The van der Waals surface area contributed by atoms with Gasteiger partial charge in [-0.15, -0.1) is 0 Å². The van der Waals surface area contributed by atoms with Crippen LogP contribution in [0.3, 0.4) is 0 Å². The standard InChI is InChI=1S/C21H23F3O/c1-14-2-4-15(5-3-14)16-6-8-17(9-7-16)18-12-19(23)21(20(24)13-18)25-11-10-22/h6-9,12-15H,2-5,10-11H2,1H3. The van der Waals surface area contributed by atoms with E-state index >= 15 is 0 Å². The summed E-state index contributed by atoms with van der Waals surface area (Å²) in [5.74, 6) is -0.758. The molecule has 4 heteroatoms. The second kappa shape index (κ2) is 7.94. The van der Waals surface area contributed by atoms with Crippen molar-refractivity contribution in [3.63, 3.8) is 0 Å². The predicted octanol–water partition coefficient (Wildman–Crippen LogP) is 6.27. The first kappa shape index (κ1) is 17.8. The Morgan fingerprint density at radius 3 is 2.08 bits per heavy atom. The van der Waals surface area contributed by atoms with Gasteiger partial charge < -0.3 is 4.74 Å². The van der Waals surface area contributed by atoms with E-state index in [9.17, 15) is 13.2 Å². The van der Waals surface area contributed by atoms with Crippen LogP contribution in [0.1, 0.15) is 44.1 Å². The smallest absolute Gasteiger partial charge is 0.190 e. The Bertz CT molecular complexity index is 681. The molecule has 0 N–H and O–H groups in total. The molecular formula is C21H23F3O. The molecule has 0 atom stereocenters. The number of halogens is 3. The molecule has 1 saturated carbocycles. The SMILES string of the molecule is CC1CCC(c2ccc(-c3cc(F)c(OCCF)c(F)c3)cc2)CC1. The Kier molecular flexibility index (Phi) is 5.67. The number of hydrogen-bond acceptors (Lipinski definition) is 1. The van der Waals surface area contributed by atoms with Gasteiger partial charge in [0.05, 0.1) is 0 Å². The third-order valence-corrected chi connectivity index (χ3v) is 5.05. The van der Waals surface area contributed by atoms with Crippen LogP contribution in [0, 0.1) is 17.6 Å². The lowest BCUT2D eigenvalue weighted by atomic mass is 9.79. The molecule has 0 aliphatic heterocycles. The molecule has 134 valence electrons. The van der Waals surface area contributed by atoms with Crippen LogP contribution in [0.5, 0.6) is 5.75 Å². The molecule has 2 aromatic rings. The van der Waals surface area contributed by atoms with Gasteiger partial charge in [0.1, 0.15) is 13.3 Å². The average Bonchev–Trinajstić information content (AvgIpc) is 2.62. The average molecular weight is 348 g/mol. The second-order valence-corrected chi connectivity index (χ2v) is 6.89. The largest absolute Gasteiger partial charge is 0.485 e. The van der Waals surface area contributed by atoms with Gasteiger partial charge in [0.25, 0.3) is 0 Å². The van der Waals surface area contributed by atoms with E-state index in [1.165, 1.54) is 43.4 Å². The van der Waals surface area contributed by atoms with Crippen molar-refractivity contribution in [2.45, 2.75) is 38.5 Å². The van der Waals surface area contributed by atoms with Crippen LogP contribution < -0.4 is 4.74 Å². The Labute approximate surface area is 146 Å². The maximum absolute atomic E-state index is 14.0. The quantitative estimate of drug-likeness (QED) is 0.618. The van der Waals surface area contributed by atoms with Gasteiger partial charge in [0.2, 0.25) is 0 Å². The molecule has 0 saturated heterocycles. The van der Waals surface area contributed by atoms with Gasteiger partial charge in [0.15, 0.2) is 17.4 Å². The van der Waals surface area contributed by atoms with Crippen molar-refractivity contribution < 1.29 is 17.9 Å². The summed E-state index contributed by atoms with van der Waals surface area (Å²) in [6.07, 6.45) is 4.90. The van der Waals surface area contributed by atoms with Crippen molar-refractivity contribution >= 4 is 0 Å². The van der Waals surface area contributed by atoms with E-state index in [-0.39, 0.29) is 6.61 Å². The summed E-state index contributed by atoms with van der Waals surface area (Å²) in [5.41, 5.74) is 2.49. The van der Waals surface area contributed by atoms with Crippen LogP contribution in [0.2, 0.25) is 0 Å². The summed E-state index contributed by atoms with van der Waals surface area (Å²) in [6.45, 7) is 1.15. The van der Waals surface area contributed by atoms with Crippen molar-refractivity contribution in [3.05, 3.63) is 53.6 Å². The fraction of sp³-hybridized carbons (Fsp3) is 0.429. The van der Waals surface area contributed by atoms with Crippen molar-refractivity contribution in [1.82, 2.24) is 0 Å². The van der Waals surface area contributed by atoms with Gasteiger partial charge in [-0.3, -0.25) is 0 Å². The van der Waals surface area contributed by atoms with E-state index < -0.39 is 24.1 Å². The van der Waals surface area contributed by atoms with E-state index in [2.05, 4.69) is 19.1 Å². The zero-order valence-electron chi connectivity index (χ0n) is 14.4. The second-order valence-electron chi connectivity index (χ2n) is 6.89. The zero-order valence-corrected chi connectivity index (χ0v) is 14.4. The fourth-order valence-corrected chi connectivity index (χ4v) is 3.55. The van der Waals surface area contributed by atoms with E-state index in [1.54, 1.807) is 0 Å². The van der Waals surface area contributed by atoms with Gasteiger partial charge in [-0.25, -0.2) is 13.2 Å². The Morgan fingerprint density at radius 1 is 0.920 bits per heavy atom. The maximum Gasteiger partial charge on any atom is 0.190 e. The van der Waals surface area contributed by atoms with Gasteiger partial charge in [-0.2, -0.15) is 0 Å². The van der Waals surface area contributed by atoms with Crippen molar-refractivity contribution in [2.24, 2.45) is 5.92 Å². The minimum Gasteiger partial charge on any atom is -0.485 e. The molecule has 3 rings (SSSR count). The molecule has 0 heterocycles. The summed E-state index contributed by atoms with van der Waals surface area (Å²) in [5, 5.41) is 0. The Hall–Kier alpha value is -1.97. The van der Waals surface area contributed by atoms with Crippen molar-refractivity contribution in [2.75, 3.05) is 13.3 Å². The number of alkyl halides is 1. The highest BCUT2D eigenvalue weighted by Gasteiger charge is 2.20. The molecule has 2 aromatic carbocycles. The fourth-order valence-electron chi connectivity index (χ4n) is 3.55. The van der Waals surface area contributed by atoms with Gasteiger partial charge in [-0.1, -0.05) is 44.0 Å². The minimum absolute atomic E-state index is 0.359. The van der Waals surface area contributed by atoms with Crippen LogP contribution in [-0.2, 0) is 0 Å². The molecule has 1 aliphatic rings. The molecular weight excluding hydrogens is 325 g/mol. The third-order valence-electron chi connectivity index (χ3n) is 5.05. The van der Waals surface area contributed by atoms with Crippen LogP contribution in [0.15, 0.2) is 36.4 Å². The van der Waals surface area contributed by atoms with Crippen LogP contribution >= 0.6 is 0 Å². The number of ether oxygens (including phenoxy) is 1.